The Balaban J connectivity index is 0.000000200. The number of anilines is 1. The number of likely N-dealkylation sites (tertiary alicyclic amines) is 1. The Morgan fingerprint density at radius 2 is 1.64 bits per heavy atom. The Hall–Kier alpha value is -5.05. The number of carbonyl (C=O) groups excluding carboxylic acids is 2. The monoisotopic (exact) mass is 630 g/mol. The Morgan fingerprint density at radius 3 is 2.16 bits per heavy atom. The quantitative estimate of drug-likeness (QED) is 0.297. The summed E-state index contributed by atoms with van der Waals surface area (Å²) in [5.41, 5.74) is 1.48. The minimum absolute atomic E-state index is 0.190. The van der Waals surface area contributed by atoms with E-state index in [0.29, 0.717) is 18.3 Å². The van der Waals surface area contributed by atoms with Gasteiger partial charge in [0.05, 0.1) is 11.2 Å². The average molecular weight is 631 g/mol. The second kappa shape index (κ2) is 14.2. The standard InChI is InChI=1S/C21H23FN2O2.C7H6N4O.C2HF3O2/c1-16-13-21(10-11-23(16)14-17-6-3-2-4-7-17)15-26-20(25)24(21)19-9-5-8-18(22)12-19;12-7(10-3-1-8-5-10)11-4-2-9-6-11;3-2(4,5)1(6)7/h2-9,12,16H,10-11,13-15H2,1H3;1-6H;(H,6,7). The topological polar surface area (TPSA) is 123 Å². The fourth-order valence-electron chi connectivity index (χ4n) is 5.13. The average Bonchev–Trinajstić information content (AvgIpc) is 3.78. The summed E-state index contributed by atoms with van der Waals surface area (Å²) in [5, 5.41) is 7.12. The molecule has 1 spiro atoms. The van der Waals surface area contributed by atoms with E-state index in [1.54, 1.807) is 41.8 Å². The number of hydrogen-bond acceptors (Lipinski definition) is 7. The third-order valence-corrected chi connectivity index (χ3v) is 7.27. The molecule has 2 aliphatic heterocycles. The van der Waals surface area contributed by atoms with E-state index in [1.165, 1.54) is 39.5 Å². The molecule has 1 amide bonds. The first-order valence-electron chi connectivity index (χ1n) is 13.7. The van der Waals surface area contributed by atoms with E-state index in [-0.39, 0.29) is 17.9 Å². The molecule has 2 aromatic carbocycles. The van der Waals surface area contributed by atoms with Gasteiger partial charge in [-0.3, -0.25) is 18.9 Å². The lowest BCUT2D eigenvalue weighted by Gasteiger charge is -2.46. The Kier molecular flexibility index (Phi) is 10.3. The van der Waals surface area contributed by atoms with Crippen molar-refractivity contribution < 1.29 is 41.8 Å². The summed E-state index contributed by atoms with van der Waals surface area (Å²) in [6.45, 7) is 4.33. The summed E-state index contributed by atoms with van der Waals surface area (Å²) in [7, 11) is 0. The zero-order chi connectivity index (χ0) is 32.6. The van der Waals surface area contributed by atoms with Gasteiger partial charge in [-0.15, -0.1) is 0 Å². The lowest BCUT2D eigenvalue weighted by Crippen LogP contribution is -2.57. The van der Waals surface area contributed by atoms with Crippen LogP contribution in [0.5, 0.6) is 0 Å². The van der Waals surface area contributed by atoms with Crippen LogP contribution in [0.15, 0.2) is 92.0 Å². The maximum absolute atomic E-state index is 13.7. The molecule has 2 saturated heterocycles. The summed E-state index contributed by atoms with van der Waals surface area (Å²) >= 11 is 0. The number of aromatic nitrogens is 4. The second-order valence-electron chi connectivity index (χ2n) is 10.4. The van der Waals surface area contributed by atoms with Crippen LogP contribution in [0.3, 0.4) is 0 Å². The van der Waals surface area contributed by atoms with Crippen molar-refractivity contribution in [1.29, 1.82) is 0 Å². The number of amides is 1. The first kappa shape index (κ1) is 32.9. The maximum Gasteiger partial charge on any atom is 0.490 e. The van der Waals surface area contributed by atoms with Gasteiger partial charge in [0.25, 0.3) is 0 Å². The van der Waals surface area contributed by atoms with E-state index in [9.17, 15) is 27.2 Å². The molecule has 4 heterocycles. The Morgan fingerprint density at radius 1 is 1.02 bits per heavy atom. The molecule has 1 N–H and O–H groups in total. The van der Waals surface area contributed by atoms with Gasteiger partial charge >= 0.3 is 24.3 Å². The summed E-state index contributed by atoms with van der Waals surface area (Å²) in [5.74, 6) is -3.10. The molecule has 6 rings (SSSR count). The SMILES string of the molecule is CC1CC2(CCN1Cc1ccccc1)COC(=O)N2c1cccc(F)c1.O=C(O)C(F)(F)F.O=C(n1ccnc1)n1ccnc1. The van der Waals surface area contributed by atoms with Gasteiger partial charge in [-0.05, 0) is 43.5 Å². The first-order valence-corrected chi connectivity index (χ1v) is 13.7. The zero-order valence-electron chi connectivity index (χ0n) is 24.0. The number of aliphatic carboxylic acids is 1. The molecule has 2 fully saturated rings. The number of nitrogens with zero attached hydrogens (tertiary/aromatic N) is 6. The number of alkyl halides is 3. The number of carboxylic acid groups (broad SMARTS) is 1. The minimum Gasteiger partial charge on any atom is -0.475 e. The molecule has 45 heavy (non-hydrogen) atoms. The highest BCUT2D eigenvalue weighted by atomic mass is 19.4. The Bertz CT molecular complexity index is 1530. The maximum atomic E-state index is 13.7. The zero-order valence-corrected chi connectivity index (χ0v) is 24.0. The number of ether oxygens (including phenoxy) is 1. The number of carboxylic acids is 1. The predicted molar refractivity (Wildman–Crippen MR) is 153 cm³/mol. The number of cyclic esters (lactones) is 1. The summed E-state index contributed by atoms with van der Waals surface area (Å²) in [4.78, 5) is 44.4. The second-order valence-corrected chi connectivity index (χ2v) is 10.4. The van der Waals surface area contributed by atoms with Crippen molar-refractivity contribution in [3.05, 3.63) is 103 Å². The molecule has 2 aromatic heterocycles. The van der Waals surface area contributed by atoms with Gasteiger partial charge in [0.2, 0.25) is 0 Å². The first-order chi connectivity index (χ1) is 21.4. The highest BCUT2D eigenvalue weighted by molar-refractivity contribution is 5.91. The number of hydrogen-bond donors (Lipinski definition) is 1. The van der Waals surface area contributed by atoms with Crippen LogP contribution in [0.2, 0.25) is 0 Å². The molecule has 2 aliphatic rings. The van der Waals surface area contributed by atoms with Crippen LogP contribution in [0.25, 0.3) is 0 Å². The summed E-state index contributed by atoms with van der Waals surface area (Å²) < 4.78 is 53.6. The fraction of sp³-hybridized carbons (Fsp3) is 0.300. The molecule has 0 radical (unpaired) electrons. The summed E-state index contributed by atoms with van der Waals surface area (Å²) in [6.07, 6.45) is 5.33. The van der Waals surface area contributed by atoms with Crippen LogP contribution in [0.4, 0.5) is 32.8 Å². The number of halogens is 4. The number of benzene rings is 2. The largest absolute Gasteiger partial charge is 0.490 e. The van der Waals surface area contributed by atoms with Gasteiger partial charge < -0.3 is 9.84 Å². The van der Waals surface area contributed by atoms with Crippen molar-refractivity contribution in [2.75, 3.05) is 18.1 Å². The molecule has 2 unspecified atom stereocenters. The summed E-state index contributed by atoms with van der Waals surface area (Å²) in [6, 6.07) is 16.7. The number of rotatable bonds is 3. The molecule has 0 aliphatic carbocycles. The minimum atomic E-state index is -5.08. The van der Waals surface area contributed by atoms with Crippen LogP contribution in [0.1, 0.15) is 25.3 Å². The van der Waals surface area contributed by atoms with Crippen molar-refractivity contribution in [2.24, 2.45) is 0 Å². The van der Waals surface area contributed by atoms with Gasteiger partial charge in [0.15, 0.2) is 0 Å². The van der Waals surface area contributed by atoms with E-state index in [0.717, 1.165) is 25.9 Å². The molecule has 4 aromatic rings. The van der Waals surface area contributed by atoms with E-state index in [2.05, 4.69) is 46.1 Å². The van der Waals surface area contributed by atoms with E-state index in [1.807, 2.05) is 6.07 Å². The highest BCUT2D eigenvalue weighted by Gasteiger charge is 2.51. The van der Waals surface area contributed by atoms with Crippen molar-refractivity contribution in [3.63, 3.8) is 0 Å². The van der Waals surface area contributed by atoms with Crippen molar-refractivity contribution in [2.45, 2.75) is 44.1 Å². The molecular formula is C30H30F4N6O5. The molecule has 0 bridgehead atoms. The number of imidazole rings is 2. The van der Waals surface area contributed by atoms with Crippen molar-refractivity contribution in [3.8, 4) is 0 Å². The Labute approximate surface area is 255 Å². The normalized spacial score (nSPS) is 19.6. The van der Waals surface area contributed by atoms with Crippen LogP contribution >= 0.6 is 0 Å². The molecule has 0 saturated carbocycles. The van der Waals surface area contributed by atoms with E-state index >= 15 is 0 Å². The lowest BCUT2D eigenvalue weighted by atomic mass is 9.83. The van der Waals surface area contributed by atoms with E-state index in [4.69, 9.17) is 14.6 Å². The van der Waals surface area contributed by atoms with Gasteiger partial charge in [0, 0.05) is 43.9 Å². The predicted octanol–water partition coefficient (Wildman–Crippen LogP) is 5.43. The van der Waals surface area contributed by atoms with Crippen molar-refractivity contribution in [1.82, 2.24) is 24.0 Å². The number of piperidine rings is 1. The smallest absolute Gasteiger partial charge is 0.475 e. The van der Waals surface area contributed by atoms with Gasteiger partial charge in [0.1, 0.15) is 25.1 Å². The third-order valence-electron chi connectivity index (χ3n) is 7.27. The van der Waals surface area contributed by atoms with Crippen LogP contribution < -0.4 is 4.90 Å². The molecule has 15 heteroatoms. The van der Waals surface area contributed by atoms with Gasteiger partial charge in [-0.25, -0.2) is 28.7 Å². The lowest BCUT2D eigenvalue weighted by molar-refractivity contribution is -0.192. The van der Waals surface area contributed by atoms with Gasteiger partial charge in [-0.1, -0.05) is 36.4 Å². The third kappa shape index (κ3) is 8.32. The van der Waals surface area contributed by atoms with Crippen LogP contribution in [-0.2, 0) is 16.1 Å². The molecular weight excluding hydrogens is 600 g/mol. The van der Waals surface area contributed by atoms with Crippen molar-refractivity contribution >= 4 is 23.8 Å². The fourth-order valence-corrected chi connectivity index (χ4v) is 5.13. The van der Waals surface area contributed by atoms with Crippen LogP contribution in [0, 0.1) is 5.82 Å². The highest BCUT2D eigenvalue weighted by Crippen LogP contribution is 2.40. The molecule has 11 nitrogen and oxygen atoms in total. The van der Waals surface area contributed by atoms with Crippen LogP contribution in [-0.4, -0.2) is 78.1 Å². The molecule has 238 valence electrons. The molecule has 2 atom stereocenters. The van der Waals surface area contributed by atoms with E-state index < -0.39 is 17.7 Å². The number of carbonyl (C=O) groups is 3. The van der Waals surface area contributed by atoms with Gasteiger partial charge in [-0.2, -0.15) is 13.2 Å².